The summed E-state index contributed by atoms with van der Waals surface area (Å²) in [5.41, 5.74) is -1.36. The molecule has 1 fully saturated rings. The van der Waals surface area contributed by atoms with Gasteiger partial charge in [0, 0.05) is 11.1 Å². The van der Waals surface area contributed by atoms with Crippen molar-refractivity contribution in [1.29, 1.82) is 0 Å². The van der Waals surface area contributed by atoms with E-state index in [1.807, 2.05) is 0 Å². The summed E-state index contributed by atoms with van der Waals surface area (Å²) >= 11 is 1.07. The van der Waals surface area contributed by atoms with Crippen LogP contribution in [0.1, 0.15) is 15.9 Å². The lowest BCUT2D eigenvalue weighted by molar-refractivity contribution is -0.0549. The summed E-state index contributed by atoms with van der Waals surface area (Å²) < 4.78 is 6.24. The molecule has 24 heavy (non-hydrogen) atoms. The number of nitrogens with zero attached hydrogens (tertiary/aromatic N) is 1. The molecule has 0 unspecified atom stereocenters. The molecule has 2 aromatic heterocycles. The maximum absolute atomic E-state index is 12.0. The summed E-state index contributed by atoms with van der Waals surface area (Å²) in [5.74, 6) is 0. The molecule has 4 N–H and O–H groups in total. The lowest BCUT2D eigenvalue weighted by Gasteiger charge is -2.17. The standard InChI is InChI=1S/C14H14N2O7S/c17-4-6-1-2-9(24-6)7-3-16(14(22)15-12(7)21)13-11(20)10(19)8(5-18)23-13/h1-4,8,10-11,13,18-20H,5H2,(H,15,21,22)/t8-,10-,11-,13-/m1/s1. The molecule has 0 radical (unpaired) electrons. The Morgan fingerprint density at radius 3 is 2.62 bits per heavy atom. The zero-order valence-electron chi connectivity index (χ0n) is 12.2. The van der Waals surface area contributed by atoms with Gasteiger partial charge >= 0.3 is 5.69 Å². The van der Waals surface area contributed by atoms with Crippen LogP contribution >= 0.6 is 11.3 Å². The molecule has 1 aliphatic heterocycles. The normalized spacial score (nSPS) is 26.6. The van der Waals surface area contributed by atoms with Crippen LogP contribution in [0, 0.1) is 0 Å². The number of aliphatic hydroxyl groups excluding tert-OH is 3. The number of thiophene rings is 1. The third-order valence-corrected chi connectivity index (χ3v) is 4.81. The highest BCUT2D eigenvalue weighted by Gasteiger charge is 2.43. The van der Waals surface area contributed by atoms with Gasteiger partial charge in [-0.2, -0.15) is 0 Å². The van der Waals surface area contributed by atoms with Gasteiger partial charge in [-0.3, -0.25) is 19.1 Å². The SMILES string of the molecule is O=Cc1ccc(-c2cn([C@@H]3O[C@H](CO)[C@@H](O)[C@H]3O)c(=O)[nH]c2=O)s1. The van der Waals surface area contributed by atoms with E-state index in [2.05, 4.69) is 4.98 Å². The quantitative estimate of drug-likeness (QED) is 0.499. The third kappa shape index (κ3) is 2.74. The monoisotopic (exact) mass is 354 g/mol. The molecule has 0 bridgehead atoms. The molecule has 0 amide bonds. The first-order valence-electron chi connectivity index (χ1n) is 6.99. The molecule has 2 aromatic rings. The van der Waals surface area contributed by atoms with Crippen molar-refractivity contribution in [3.05, 3.63) is 44.0 Å². The molecular weight excluding hydrogens is 340 g/mol. The number of carbonyl (C=O) groups is 1. The predicted molar refractivity (Wildman–Crippen MR) is 83.0 cm³/mol. The van der Waals surface area contributed by atoms with E-state index in [4.69, 9.17) is 9.84 Å². The van der Waals surface area contributed by atoms with E-state index < -0.39 is 42.4 Å². The second-order valence-electron chi connectivity index (χ2n) is 5.26. The first kappa shape index (κ1) is 16.7. The largest absolute Gasteiger partial charge is 0.394 e. The molecule has 10 heteroatoms. The van der Waals surface area contributed by atoms with E-state index in [0.717, 1.165) is 15.9 Å². The predicted octanol–water partition coefficient (Wildman–Crippen LogP) is -1.31. The van der Waals surface area contributed by atoms with Crippen LogP contribution in [0.15, 0.2) is 27.9 Å². The summed E-state index contributed by atoms with van der Waals surface area (Å²) in [7, 11) is 0. The van der Waals surface area contributed by atoms with Crippen LogP contribution < -0.4 is 11.2 Å². The fraction of sp³-hybridized carbons (Fsp3) is 0.357. The Labute approximate surface area is 138 Å². The van der Waals surface area contributed by atoms with Crippen LogP contribution in [0.25, 0.3) is 10.4 Å². The molecule has 9 nitrogen and oxygen atoms in total. The number of carbonyl (C=O) groups excluding carboxylic acids is 1. The Morgan fingerprint density at radius 1 is 1.29 bits per heavy atom. The second-order valence-corrected chi connectivity index (χ2v) is 6.37. The minimum Gasteiger partial charge on any atom is -0.394 e. The van der Waals surface area contributed by atoms with Gasteiger partial charge in [0.25, 0.3) is 5.56 Å². The minimum atomic E-state index is -1.45. The third-order valence-electron chi connectivity index (χ3n) is 3.77. The highest BCUT2D eigenvalue weighted by Crippen LogP contribution is 2.29. The number of aliphatic hydroxyl groups is 3. The highest BCUT2D eigenvalue weighted by molar-refractivity contribution is 7.17. The molecule has 0 spiro atoms. The van der Waals surface area contributed by atoms with Gasteiger partial charge < -0.3 is 20.1 Å². The van der Waals surface area contributed by atoms with Crippen molar-refractivity contribution in [3.63, 3.8) is 0 Å². The first-order chi connectivity index (χ1) is 11.5. The second kappa shape index (κ2) is 6.42. The average molecular weight is 354 g/mol. The van der Waals surface area contributed by atoms with Gasteiger partial charge in [-0.1, -0.05) is 0 Å². The summed E-state index contributed by atoms with van der Waals surface area (Å²) in [6, 6.07) is 3.10. The fourth-order valence-electron chi connectivity index (χ4n) is 2.52. The van der Waals surface area contributed by atoms with Crippen molar-refractivity contribution in [2.75, 3.05) is 6.61 Å². The zero-order valence-corrected chi connectivity index (χ0v) is 13.0. The van der Waals surface area contributed by atoms with Crippen molar-refractivity contribution in [3.8, 4) is 10.4 Å². The van der Waals surface area contributed by atoms with E-state index in [1.165, 1.54) is 12.3 Å². The number of aldehydes is 1. The Kier molecular flexibility index (Phi) is 4.47. The number of hydrogen-bond acceptors (Lipinski definition) is 8. The Bertz CT molecular complexity index is 870. The van der Waals surface area contributed by atoms with Gasteiger partial charge in [0.2, 0.25) is 0 Å². The van der Waals surface area contributed by atoms with Crippen molar-refractivity contribution in [2.24, 2.45) is 0 Å². The van der Waals surface area contributed by atoms with E-state index in [-0.39, 0.29) is 5.56 Å². The van der Waals surface area contributed by atoms with Crippen LogP contribution in [0.3, 0.4) is 0 Å². The molecule has 1 saturated heterocycles. The molecular formula is C14H14N2O7S. The van der Waals surface area contributed by atoms with Crippen LogP contribution in [0.2, 0.25) is 0 Å². The maximum Gasteiger partial charge on any atom is 0.330 e. The molecule has 3 rings (SSSR count). The number of hydrogen-bond donors (Lipinski definition) is 4. The Hall–Kier alpha value is -2.11. The van der Waals surface area contributed by atoms with E-state index >= 15 is 0 Å². The smallest absolute Gasteiger partial charge is 0.330 e. The number of ether oxygens (including phenoxy) is 1. The van der Waals surface area contributed by atoms with Gasteiger partial charge in [0.05, 0.1) is 17.0 Å². The van der Waals surface area contributed by atoms with Gasteiger partial charge in [-0.05, 0) is 12.1 Å². The first-order valence-corrected chi connectivity index (χ1v) is 7.81. The number of aromatic nitrogens is 2. The number of nitrogens with one attached hydrogen (secondary N) is 1. The summed E-state index contributed by atoms with van der Waals surface area (Å²) in [6.45, 7) is -0.534. The molecule has 3 heterocycles. The van der Waals surface area contributed by atoms with Gasteiger partial charge in [-0.15, -0.1) is 11.3 Å². The Morgan fingerprint density at radius 2 is 2.04 bits per heavy atom. The van der Waals surface area contributed by atoms with Gasteiger partial charge in [0.1, 0.15) is 18.3 Å². The van der Waals surface area contributed by atoms with Crippen molar-refractivity contribution in [1.82, 2.24) is 9.55 Å². The topological polar surface area (TPSA) is 142 Å². The maximum atomic E-state index is 12.0. The van der Waals surface area contributed by atoms with Crippen molar-refractivity contribution < 1.29 is 24.9 Å². The van der Waals surface area contributed by atoms with E-state index in [9.17, 15) is 24.6 Å². The summed E-state index contributed by atoms with van der Waals surface area (Å²) in [5, 5.41) is 28.9. The molecule has 1 aliphatic rings. The summed E-state index contributed by atoms with van der Waals surface area (Å²) in [6.07, 6.45) is -3.29. The van der Waals surface area contributed by atoms with Crippen LogP contribution in [-0.2, 0) is 4.74 Å². The van der Waals surface area contributed by atoms with Gasteiger partial charge in [0.15, 0.2) is 12.5 Å². The van der Waals surface area contributed by atoms with Crippen LogP contribution in [-0.4, -0.2) is 56.1 Å². The van der Waals surface area contributed by atoms with Crippen molar-refractivity contribution >= 4 is 17.6 Å². The molecule has 0 saturated carbocycles. The molecule has 128 valence electrons. The van der Waals surface area contributed by atoms with Gasteiger partial charge in [-0.25, -0.2) is 4.79 Å². The number of H-pyrrole nitrogens is 1. The lowest BCUT2D eigenvalue weighted by Crippen LogP contribution is -2.38. The molecule has 0 aromatic carbocycles. The number of rotatable bonds is 4. The molecule has 4 atom stereocenters. The lowest BCUT2D eigenvalue weighted by atomic mass is 10.1. The minimum absolute atomic E-state index is 0.116. The zero-order chi connectivity index (χ0) is 17.4. The van der Waals surface area contributed by atoms with Crippen molar-refractivity contribution in [2.45, 2.75) is 24.5 Å². The average Bonchev–Trinajstić information content (AvgIpc) is 3.14. The van der Waals surface area contributed by atoms with Crippen LogP contribution in [0.5, 0.6) is 0 Å². The Balaban J connectivity index is 2.06. The number of aromatic amines is 1. The fourth-order valence-corrected chi connectivity index (χ4v) is 3.35. The molecule has 0 aliphatic carbocycles. The van der Waals surface area contributed by atoms with E-state index in [1.54, 1.807) is 6.07 Å². The van der Waals surface area contributed by atoms with E-state index in [0.29, 0.717) is 16.0 Å². The summed E-state index contributed by atoms with van der Waals surface area (Å²) in [4.78, 5) is 37.8. The van der Waals surface area contributed by atoms with Crippen LogP contribution in [0.4, 0.5) is 0 Å². The highest BCUT2D eigenvalue weighted by atomic mass is 32.1.